The lowest BCUT2D eigenvalue weighted by Crippen LogP contribution is -2.59. The maximum Gasteiger partial charge on any atom is 0.280 e. The van der Waals surface area contributed by atoms with Crippen molar-refractivity contribution in [3.8, 4) is 5.75 Å². The van der Waals surface area contributed by atoms with Crippen molar-refractivity contribution in [2.75, 3.05) is 31.1 Å². The van der Waals surface area contributed by atoms with Gasteiger partial charge >= 0.3 is 0 Å². The number of benzene rings is 1. The molecule has 2 aliphatic rings. The number of nitrogen functional groups attached to an aromatic ring is 2. The van der Waals surface area contributed by atoms with Crippen LogP contribution in [0.4, 0.5) is 11.6 Å². The van der Waals surface area contributed by atoms with Crippen LogP contribution >= 0.6 is 22.6 Å². The van der Waals surface area contributed by atoms with Gasteiger partial charge in [-0.25, -0.2) is 9.97 Å². The summed E-state index contributed by atoms with van der Waals surface area (Å²) in [7, 11) is 0. The maximum absolute atomic E-state index is 13.5. The molecule has 13 nitrogen and oxygen atoms in total. The lowest BCUT2D eigenvalue weighted by atomic mass is 9.88. The summed E-state index contributed by atoms with van der Waals surface area (Å²) in [5.74, 6) is 0.295. The molecule has 1 atom stereocenters. The van der Waals surface area contributed by atoms with Crippen molar-refractivity contribution < 1.29 is 19.1 Å². The third-order valence-corrected chi connectivity index (χ3v) is 7.69. The van der Waals surface area contributed by atoms with Crippen molar-refractivity contribution in [1.82, 2.24) is 30.8 Å². The first-order valence-corrected chi connectivity index (χ1v) is 14.9. The molecule has 2 aromatic rings. The highest BCUT2D eigenvalue weighted by Crippen LogP contribution is 2.27. The van der Waals surface area contributed by atoms with Crippen LogP contribution in [-0.2, 0) is 20.4 Å². The Bertz CT molecular complexity index is 1320. The number of rotatable bonds is 8. The number of alkyl halides is 1. The van der Waals surface area contributed by atoms with Crippen molar-refractivity contribution in [2.45, 2.75) is 62.1 Å². The fourth-order valence-electron chi connectivity index (χ4n) is 4.88. The monoisotopic (exact) mass is 677 g/mol. The molecule has 1 aromatic carbocycles. The average molecular weight is 678 g/mol. The van der Waals surface area contributed by atoms with Gasteiger partial charge in [0.15, 0.2) is 17.5 Å². The SMILES string of the molecule is CC(=O)N[C@@H](Cc1ccc(OC(C)C)cc1)C(=O)N1CCC2(CC1)CN=C(NC(=O)c1nc(CI)c(N)nc1N)N2. The smallest absolute Gasteiger partial charge is 0.280 e. The summed E-state index contributed by atoms with van der Waals surface area (Å²) in [5, 5.41) is 8.88. The van der Waals surface area contributed by atoms with Crippen molar-refractivity contribution in [1.29, 1.82) is 0 Å². The minimum Gasteiger partial charge on any atom is -0.491 e. The van der Waals surface area contributed by atoms with Gasteiger partial charge in [0.25, 0.3) is 5.91 Å². The van der Waals surface area contributed by atoms with Crippen LogP contribution in [0.1, 0.15) is 55.4 Å². The van der Waals surface area contributed by atoms with E-state index in [1.807, 2.05) is 38.1 Å². The number of hydrogen-bond donors (Lipinski definition) is 5. The average Bonchev–Trinajstić information content (AvgIpc) is 3.30. The number of ether oxygens (including phenoxy) is 1. The molecule has 0 aliphatic carbocycles. The number of hydrogen-bond acceptors (Lipinski definition) is 10. The molecule has 14 heteroatoms. The zero-order valence-corrected chi connectivity index (χ0v) is 25.5. The van der Waals surface area contributed by atoms with Gasteiger partial charge in [-0.1, -0.05) is 34.7 Å². The number of likely N-dealkylation sites (tertiary alicyclic amines) is 1. The van der Waals surface area contributed by atoms with E-state index in [0.717, 1.165) is 11.3 Å². The Morgan fingerprint density at radius 3 is 2.41 bits per heavy atom. The highest BCUT2D eigenvalue weighted by Gasteiger charge is 2.41. The number of guanidine groups is 1. The molecule has 3 amide bonds. The van der Waals surface area contributed by atoms with Gasteiger partial charge in [-0.05, 0) is 44.4 Å². The van der Waals surface area contributed by atoms with Gasteiger partial charge in [-0.2, -0.15) is 0 Å². The van der Waals surface area contributed by atoms with Crippen LogP contribution in [0, 0.1) is 0 Å². The molecule has 41 heavy (non-hydrogen) atoms. The first-order valence-electron chi connectivity index (χ1n) is 13.4. The fourth-order valence-corrected chi connectivity index (χ4v) is 5.44. The van der Waals surface area contributed by atoms with Crippen LogP contribution in [0.3, 0.4) is 0 Å². The predicted octanol–water partition coefficient (Wildman–Crippen LogP) is 1.16. The molecule has 0 saturated carbocycles. The van der Waals surface area contributed by atoms with Gasteiger partial charge in [-0.15, -0.1) is 0 Å². The molecule has 1 saturated heterocycles. The second kappa shape index (κ2) is 12.9. The lowest BCUT2D eigenvalue weighted by Gasteiger charge is -2.40. The molecule has 220 valence electrons. The zero-order valence-electron chi connectivity index (χ0n) is 23.4. The standard InChI is InChI=1S/C27H36IN9O4/c1-15(2)41-18-6-4-17(5-7-18)12-19(32-16(3)38)25(40)37-10-8-27(9-11-37)14-31-26(36-27)35-24(39)21-23(30)34-22(29)20(13-28)33-21/h4-7,15,19H,8-14H2,1-3H3,(H,32,38)(H4,29,30,34)(H2,31,35,36,39)/t19-/m0/s1. The van der Waals surface area contributed by atoms with Gasteiger partial charge < -0.3 is 31.7 Å². The molecule has 0 radical (unpaired) electrons. The molecule has 4 rings (SSSR count). The van der Waals surface area contributed by atoms with Crippen LogP contribution in [0.5, 0.6) is 5.75 Å². The van der Waals surface area contributed by atoms with E-state index in [2.05, 4.69) is 53.5 Å². The summed E-state index contributed by atoms with van der Waals surface area (Å²) < 4.78 is 6.18. The number of halogens is 1. The number of carbonyl (C=O) groups is 3. The lowest BCUT2D eigenvalue weighted by molar-refractivity contribution is -0.137. The molecule has 3 heterocycles. The van der Waals surface area contributed by atoms with Gasteiger partial charge in [0.1, 0.15) is 17.6 Å². The minimum absolute atomic E-state index is 0.0113. The minimum atomic E-state index is -0.681. The largest absolute Gasteiger partial charge is 0.491 e. The van der Waals surface area contributed by atoms with Crippen molar-refractivity contribution in [2.24, 2.45) is 4.99 Å². The van der Waals surface area contributed by atoms with Gasteiger partial charge in [-0.3, -0.25) is 24.7 Å². The van der Waals surface area contributed by atoms with Crippen LogP contribution < -0.4 is 32.2 Å². The molecule has 2 aliphatic heterocycles. The maximum atomic E-state index is 13.5. The molecule has 1 spiro atoms. The van der Waals surface area contributed by atoms with Crippen molar-refractivity contribution >= 4 is 57.9 Å². The number of nitrogens with one attached hydrogen (secondary N) is 3. The number of aliphatic imine (C=N–C) groups is 1. The van der Waals surface area contributed by atoms with Gasteiger partial charge in [0.05, 0.1) is 23.9 Å². The van der Waals surface area contributed by atoms with Gasteiger partial charge in [0, 0.05) is 30.9 Å². The normalized spacial score (nSPS) is 16.6. The number of anilines is 2. The number of aromatic nitrogens is 2. The van der Waals surface area contributed by atoms with Crippen LogP contribution in [0.2, 0.25) is 0 Å². The first-order chi connectivity index (χ1) is 19.5. The second-order valence-electron chi connectivity index (χ2n) is 10.5. The zero-order chi connectivity index (χ0) is 29.7. The summed E-state index contributed by atoms with van der Waals surface area (Å²) in [4.78, 5) is 52.8. The molecule has 1 fully saturated rings. The molecule has 7 N–H and O–H groups in total. The molecular formula is C27H36IN9O4. The molecule has 0 bridgehead atoms. The Morgan fingerprint density at radius 2 is 1.80 bits per heavy atom. The number of nitrogens with zero attached hydrogens (tertiary/aromatic N) is 4. The summed E-state index contributed by atoms with van der Waals surface area (Å²) in [5.41, 5.74) is 12.7. The van der Waals surface area contributed by atoms with Gasteiger partial charge in [0.2, 0.25) is 11.8 Å². The summed E-state index contributed by atoms with van der Waals surface area (Å²) in [6.45, 7) is 6.74. The Labute approximate surface area is 252 Å². The number of carbonyl (C=O) groups excluding carboxylic acids is 3. The van der Waals surface area contributed by atoms with Crippen molar-refractivity contribution in [3.63, 3.8) is 0 Å². The summed E-state index contributed by atoms with van der Waals surface area (Å²) >= 11 is 2.09. The van der Waals surface area contributed by atoms with Crippen LogP contribution in [-0.4, -0.2) is 75.9 Å². The Balaban J connectivity index is 1.34. The highest BCUT2D eigenvalue weighted by molar-refractivity contribution is 14.1. The van der Waals surface area contributed by atoms with E-state index < -0.39 is 11.9 Å². The van der Waals surface area contributed by atoms with Crippen LogP contribution in [0.25, 0.3) is 0 Å². The fraction of sp³-hybridized carbons (Fsp3) is 0.481. The third kappa shape index (κ3) is 7.54. The van der Waals surface area contributed by atoms with E-state index in [1.165, 1.54) is 6.92 Å². The van der Waals surface area contributed by atoms with E-state index in [1.54, 1.807) is 4.90 Å². The number of piperidine rings is 1. The Morgan fingerprint density at radius 1 is 1.12 bits per heavy atom. The summed E-state index contributed by atoms with van der Waals surface area (Å²) in [6.07, 6.45) is 1.68. The van der Waals surface area contributed by atoms with E-state index >= 15 is 0 Å². The third-order valence-electron chi connectivity index (χ3n) is 6.97. The van der Waals surface area contributed by atoms with Crippen molar-refractivity contribution in [3.05, 3.63) is 41.2 Å². The Kier molecular flexibility index (Phi) is 9.50. The highest BCUT2D eigenvalue weighted by atomic mass is 127. The molecule has 1 aromatic heterocycles. The van der Waals surface area contributed by atoms with E-state index in [9.17, 15) is 14.4 Å². The van der Waals surface area contributed by atoms with E-state index in [0.29, 0.717) is 55.0 Å². The summed E-state index contributed by atoms with van der Waals surface area (Å²) in [6, 6.07) is 6.88. The second-order valence-corrected chi connectivity index (χ2v) is 11.3. The quantitative estimate of drug-likeness (QED) is 0.202. The number of nitrogens with two attached hydrogens (primary N) is 2. The molecule has 0 unspecified atom stereocenters. The predicted molar refractivity (Wildman–Crippen MR) is 164 cm³/mol. The first kappa shape index (κ1) is 30.3. The number of amides is 3. The topological polar surface area (TPSA) is 190 Å². The van der Waals surface area contributed by atoms with E-state index in [4.69, 9.17) is 16.2 Å². The van der Waals surface area contributed by atoms with E-state index in [-0.39, 0.29) is 40.8 Å². The van der Waals surface area contributed by atoms with Crippen LogP contribution in [0.15, 0.2) is 29.3 Å². The Hall–Kier alpha value is -3.69. The molecular weight excluding hydrogens is 641 g/mol.